The summed E-state index contributed by atoms with van der Waals surface area (Å²) in [4.78, 5) is 19.4. The highest BCUT2D eigenvalue weighted by atomic mass is 16.7. The number of rotatable bonds is 5. The molecule has 0 radical (unpaired) electrons. The Kier molecular flexibility index (Phi) is 4.85. The summed E-state index contributed by atoms with van der Waals surface area (Å²) in [6, 6.07) is 3.29. The van der Waals surface area contributed by atoms with Crippen molar-refractivity contribution in [3.63, 3.8) is 0 Å². The van der Waals surface area contributed by atoms with Crippen molar-refractivity contribution in [1.82, 2.24) is 4.90 Å². The number of cyclic esters (lactones) is 1. The lowest BCUT2D eigenvalue weighted by molar-refractivity contribution is 0.00878. The molecule has 2 atom stereocenters. The van der Waals surface area contributed by atoms with Crippen LogP contribution in [0.25, 0.3) is 0 Å². The first-order chi connectivity index (χ1) is 15.5. The average Bonchev–Trinajstić information content (AvgIpc) is 3.41. The Balaban J connectivity index is 1.73. The fraction of sp³-hybridized carbons (Fsp3) is 0.391. The quantitative estimate of drug-likeness (QED) is 0.517. The monoisotopic (exact) mass is 440 g/mol. The molecule has 3 aliphatic rings. The van der Waals surface area contributed by atoms with Crippen molar-refractivity contribution in [2.75, 3.05) is 41.7 Å². The maximum atomic E-state index is 13.0. The molecule has 0 aliphatic carbocycles. The average molecular weight is 440 g/mol. The first-order valence-electron chi connectivity index (χ1n) is 10.2. The van der Waals surface area contributed by atoms with Crippen LogP contribution in [0.4, 0.5) is 5.69 Å². The van der Waals surface area contributed by atoms with Crippen molar-refractivity contribution >= 4 is 18.4 Å². The van der Waals surface area contributed by atoms with Gasteiger partial charge in [0, 0.05) is 17.7 Å². The van der Waals surface area contributed by atoms with E-state index in [-0.39, 0.29) is 12.8 Å². The van der Waals surface area contributed by atoms with Crippen molar-refractivity contribution in [1.29, 1.82) is 0 Å². The Bertz CT molecular complexity index is 1130. The van der Waals surface area contributed by atoms with Gasteiger partial charge in [-0.05, 0) is 31.8 Å². The van der Waals surface area contributed by atoms with Gasteiger partial charge in [0.05, 0.1) is 27.4 Å². The molecule has 3 aliphatic heterocycles. The van der Waals surface area contributed by atoms with Crippen LogP contribution >= 0.6 is 0 Å². The van der Waals surface area contributed by atoms with Crippen molar-refractivity contribution in [3.05, 3.63) is 34.4 Å². The van der Waals surface area contributed by atoms with E-state index >= 15 is 0 Å². The molecule has 0 saturated heterocycles. The van der Waals surface area contributed by atoms with Crippen LogP contribution in [0.3, 0.4) is 0 Å². The predicted octanol–water partition coefficient (Wildman–Crippen LogP) is 3.21. The second kappa shape index (κ2) is 7.59. The summed E-state index contributed by atoms with van der Waals surface area (Å²) >= 11 is 0. The van der Waals surface area contributed by atoms with Gasteiger partial charge in [-0.3, -0.25) is 9.89 Å². The number of benzene rings is 2. The molecule has 2 aromatic rings. The molecule has 0 bridgehead atoms. The highest BCUT2D eigenvalue weighted by Gasteiger charge is 2.47. The molecule has 9 nitrogen and oxygen atoms in total. The van der Waals surface area contributed by atoms with Gasteiger partial charge in [0.15, 0.2) is 23.0 Å². The number of fused-ring (bicyclic) bond motifs is 3. The Labute approximate surface area is 185 Å². The predicted molar refractivity (Wildman–Crippen MR) is 115 cm³/mol. The number of carbonyl (C=O) groups excluding carboxylic acids is 1. The number of likely N-dealkylation sites (N-methyl/N-ethyl adjacent to an activating group) is 1. The molecule has 5 rings (SSSR count). The van der Waals surface area contributed by atoms with Gasteiger partial charge < -0.3 is 28.4 Å². The molecular weight excluding hydrogens is 416 g/mol. The second-order valence-corrected chi connectivity index (χ2v) is 7.76. The number of ether oxygens (including phenoxy) is 6. The Hall–Kier alpha value is -3.46. The molecule has 0 aromatic heterocycles. The van der Waals surface area contributed by atoms with Crippen LogP contribution in [0.1, 0.15) is 39.2 Å². The molecule has 32 heavy (non-hydrogen) atoms. The lowest BCUT2D eigenvalue weighted by Gasteiger charge is -2.39. The molecule has 0 amide bonds. The number of hydrogen-bond acceptors (Lipinski definition) is 9. The van der Waals surface area contributed by atoms with Gasteiger partial charge in [-0.1, -0.05) is 6.07 Å². The van der Waals surface area contributed by atoms with E-state index < -0.39 is 12.1 Å². The number of carbonyl (C=O) groups is 1. The van der Waals surface area contributed by atoms with Crippen molar-refractivity contribution in [2.45, 2.75) is 18.6 Å². The van der Waals surface area contributed by atoms with E-state index in [0.717, 1.165) is 23.2 Å². The summed E-state index contributed by atoms with van der Waals surface area (Å²) in [5.74, 6) is 1.96. The lowest BCUT2D eigenvalue weighted by Crippen LogP contribution is -2.36. The highest BCUT2D eigenvalue weighted by Crippen LogP contribution is 2.58. The molecule has 0 saturated carbocycles. The lowest BCUT2D eigenvalue weighted by atomic mass is 9.84. The fourth-order valence-corrected chi connectivity index (χ4v) is 4.97. The number of aliphatic imine (C=N–C) groups is 1. The summed E-state index contributed by atoms with van der Waals surface area (Å²) in [5, 5.41) is 0. The summed E-state index contributed by atoms with van der Waals surface area (Å²) in [5.41, 5.74) is 3.55. The maximum absolute atomic E-state index is 13.0. The van der Waals surface area contributed by atoms with Crippen LogP contribution < -0.4 is 23.7 Å². The third-order valence-corrected chi connectivity index (χ3v) is 6.35. The molecule has 2 aromatic carbocycles. The van der Waals surface area contributed by atoms with E-state index in [9.17, 15) is 4.79 Å². The molecule has 0 N–H and O–H groups in total. The zero-order valence-corrected chi connectivity index (χ0v) is 18.4. The fourth-order valence-electron chi connectivity index (χ4n) is 4.97. The minimum Gasteiger partial charge on any atom is -0.493 e. The Morgan fingerprint density at radius 1 is 1.09 bits per heavy atom. The molecule has 168 valence electrons. The van der Waals surface area contributed by atoms with E-state index in [2.05, 4.69) is 16.6 Å². The van der Waals surface area contributed by atoms with Crippen LogP contribution in [0.15, 0.2) is 17.1 Å². The van der Waals surface area contributed by atoms with Crippen LogP contribution in [-0.2, 0) is 11.2 Å². The Morgan fingerprint density at radius 2 is 1.84 bits per heavy atom. The summed E-state index contributed by atoms with van der Waals surface area (Å²) in [7, 11) is 6.62. The molecule has 0 fully saturated rings. The van der Waals surface area contributed by atoms with Gasteiger partial charge >= 0.3 is 5.97 Å². The van der Waals surface area contributed by atoms with Gasteiger partial charge in [-0.25, -0.2) is 4.79 Å². The second-order valence-electron chi connectivity index (χ2n) is 7.76. The molecular formula is C23H24N2O7. The number of esters is 1. The van der Waals surface area contributed by atoms with E-state index in [0.29, 0.717) is 46.4 Å². The number of hydrogen-bond donors (Lipinski definition) is 0. The Morgan fingerprint density at radius 3 is 2.53 bits per heavy atom. The van der Waals surface area contributed by atoms with Crippen molar-refractivity contribution in [3.8, 4) is 28.7 Å². The van der Waals surface area contributed by atoms with Gasteiger partial charge in [0.1, 0.15) is 17.4 Å². The van der Waals surface area contributed by atoms with Gasteiger partial charge in [0.2, 0.25) is 12.5 Å². The zero-order chi connectivity index (χ0) is 22.6. The molecule has 9 heteroatoms. The van der Waals surface area contributed by atoms with E-state index in [1.54, 1.807) is 13.2 Å². The minimum absolute atomic E-state index is 0.0792. The SMILES string of the molecule is C=Nc1c2c(c(OC)c3c1OCO3)C(C1OC(=O)c3c1ccc(OC)c3OC)N(C)CC2. The topological polar surface area (TPSA) is 88.0 Å². The highest BCUT2D eigenvalue weighted by molar-refractivity contribution is 5.98. The summed E-state index contributed by atoms with van der Waals surface area (Å²) in [6.07, 6.45) is 0.122. The normalized spacial score (nSPS) is 20.9. The third-order valence-electron chi connectivity index (χ3n) is 6.35. The van der Waals surface area contributed by atoms with Gasteiger partial charge in [0.25, 0.3) is 0 Å². The van der Waals surface area contributed by atoms with Crippen molar-refractivity contribution in [2.24, 2.45) is 4.99 Å². The molecule has 0 spiro atoms. The standard InChI is InChI=1S/C23H24N2O7/c1-24-16-11-8-9-25(2)17(14(11)20(29-5)22-21(16)30-10-31-22)18-12-6-7-13(27-3)19(28-4)15(12)23(26)32-18/h6-7,17-18H,1,8-10H2,2-5H3. The van der Waals surface area contributed by atoms with Gasteiger partial charge in [-0.2, -0.15) is 0 Å². The van der Waals surface area contributed by atoms with Crippen LogP contribution in [-0.4, -0.2) is 59.3 Å². The number of nitrogens with zero attached hydrogens (tertiary/aromatic N) is 2. The number of methoxy groups -OCH3 is 3. The van der Waals surface area contributed by atoms with E-state index in [1.165, 1.54) is 14.2 Å². The zero-order valence-electron chi connectivity index (χ0n) is 18.4. The summed E-state index contributed by atoms with van der Waals surface area (Å²) in [6.45, 7) is 4.55. The van der Waals surface area contributed by atoms with Crippen molar-refractivity contribution < 1.29 is 33.2 Å². The third kappa shape index (κ3) is 2.67. The minimum atomic E-state index is -0.590. The van der Waals surface area contributed by atoms with Gasteiger partial charge in [-0.15, -0.1) is 0 Å². The van der Waals surface area contributed by atoms with E-state index in [4.69, 9.17) is 28.4 Å². The largest absolute Gasteiger partial charge is 0.493 e. The smallest absolute Gasteiger partial charge is 0.343 e. The summed E-state index contributed by atoms with van der Waals surface area (Å²) < 4.78 is 34.0. The van der Waals surface area contributed by atoms with E-state index in [1.807, 2.05) is 13.1 Å². The van der Waals surface area contributed by atoms with Crippen LogP contribution in [0, 0.1) is 0 Å². The first-order valence-corrected chi connectivity index (χ1v) is 10.2. The first kappa shape index (κ1) is 20.4. The van der Waals surface area contributed by atoms with Crippen LogP contribution in [0.5, 0.6) is 28.7 Å². The molecule has 3 heterocycles. The molecule has 2 unspecified atom stereocenters. The van der Waals surface area contributed by atoms with Crippen LogP contribution in [0.2, 0.25) is 0 Å². The maximum Gasteiger partial charge on any atom is 0.343 e.